The molecule has 1 aromatic carbocycles. The highest BCUT2D eigenvalue weighted by molar-refractivity contribution is 5.96. The SMILES string of the molecule is Cc1[nH]c2ccccc2c1-c1cc(CC(=O)O)nn1C. The number of para-hydroxylation sites is 1. The largest absolute Gasteiger partial charge is 0.481 e. The van der Waals surface area contributed by atoms with Crippen LogP contribution in [0, 0.1) is 6.92 Å². The van der Waals surface area contributed by atoms with Crippen LogP contribution in [-0.4, -0.2) is 25.8 Å². The van der Waals surface area contributed by atoms with E-state index in [9.17, 15) is 4.79 Å². The van der Waals surface area contributed by atoms with E-state index < -0.39 is 5.97 Å². The van der Waals surface area contributed by atoms with E-state index in [1.54, 1.807) is 4.68 Å². The molecule has 0 spiro atoms. The first kappa shape index (κ1) is 12.5. The average molecular weight is 269 g/mol. The maximum Gasteiger partial charge on any atom is 0.309 e. The molecule has 102 valence electrons. The molecule has 3 rings (SSSR count). The van der Waals surface area contributed by atoms with Crippen LogP contribution in [0.3, 0.4) is 0 Å². The van der Waals surface area contributed by atoms with Gasteiger partial charge in [-0.25, -0.2) is 0 Å². The minimum atomic E-state index is -0.870. The summed E-state index contributed by atoms with van der Waals surface area (Å²) in [6.45, 7) is 2.01. The highest BCUT2D eigenvalue weighted by Gasteiger charge is 2.16. The number of hydrogen-bond acceptors (Lipinski definition) is 2. The zero-order valence-electron chi connectivity index (χ0n) is 11.3. The van der Waals surface area contributed by atoms with Gasteiger partial charge in [-0.05, 0) is 19.1 Å². The molecule has 0 saturated heterocycles. The Morgan fingerprint density at radius 2 is 2.15 bits per heavy atom. The first-order valence-corrected chi connectivity index (χ1v) is 6.38. The second-order valence-corrected chi connectivity index (χ2v) is 4.89. The van der Waals surface area contributed by atoms with E-state index >= 15 is 0 Å². The number of rotatable bonds is 3. The third-order valence-corrected chi connectivity index (χ3v) is 3.41. The van der Waals surface area contributed by atoms with Gasteiger partial charge in [-0.15, -0.1) is 0 Å². The predicted molar refractivity (Wildman–Crippen MR) is 76.6 cm³/mol. The van der Waals surface area contributed by atoms with Gasteiger partial charge in [0.05, 0.1) is 17.8 Å². The third-order valence-electron chi connectivity index (χ3n) is 3.41. The fourth-order valence-corrected chi connectivity index (χ4v) is 2.61. The molecule has 20 heavy (non-hydrogen) atoms. The topological polar surface area (TPSA) is 70.9 Å². The first-order chi connectivity index (χ1) is 9.56. The Morgan fingerprint density at radius 3 is 2.90 bits per heavy atom. The standard InChI is InChI=1S/C15H15N3O2/c1-9-15(11-5-3-4-6-12(11)16-9)13-7-10(8-14(19)20)17-18(13)2/h3-7,16H,8H2,1-2H3,(H,19,20). The molecular weight excluding hydrogens is 254 g/mol. The maximum absolute atomic E-state index is 10.8. The van der Waals surface area contributed by atoms with Gasteiger partial charge in [0.25, 0.3) is 0 Å². The number of aliphatic carboxylic acids is 1. The number of hydrogen-bond donors (Lipinski definition) is 2. The zero-order chi connectivity index (χ0) is 14.3. The van der Waals surface area contributed by atoms with Gasteiger partial charge in [0, 0.05) is 29.2 Å². The van der Waals surface area contributed by atoms with Gasteiger partial charge in [-0.3, -0.25) is 9.48 Å². The van der Waals surface area contributed by atoms with Gasteiger partial charge in [-0.2, -0.15) is 5.10 Å². The Morgan fingerprint density at radius 1 is 1.40 bits per heavy atom. The van der Waals surface area contributed by atoms with E-state index in [2.05, 4.69) is 16.1 Å². The molecule has 2 heterocycles. The molecule has 0 atom stereocenters. The van der Waals surface area contributed by atoms with Crippen LogP contribution in [0.4, 0.5) is 0 Å². The van der Waals surface area contributed by atoms with Crippen molar-refractivity contribution in [2.75, 3.05) is 0 Å². The predicted octanol–water partition coefficient (Wildman–Crippen LogP) is 2.50. The van der Waals surface area contributed by atoms with Gasteiger partial charge in [-0.1, -0.05) is 18.2 Å². The minimum Gasteiger partial charge on any atom is -0.481 e. The van der Waals surface area contributed by atoms with Crippen molar-refractivity contribution < 1.29 is 9.90 Å². The van der Waals surface area contributed by atoms with Gasteiger partial charge in [0.2, 0.25) is 0 Å². The Hall–Kier alpha value is -2.56. The summed E-state index contributed by atoms with van der Waals surface area (Å²) < 4.78 is 1.74. The van der Waals surface area contributed by atoms with E-state index in [1.807, 2.05) is 38.2 Å². The van der Waals surface area contributed by atoms with Crippen LogP contribution in [0.5, 0.6) is 0 Å². The number of carbonyl (C=O) groups is 1. The van der Waals surface area contributed by atoms with Gasteiger partial charge in [0.1, 0.15) is 0 Å². The summed E-state index contributed by atoms with van der Waals surface area (Å²) >= 11 is 0. The number of aromatic nitrogens is 3. The molecule has 2 N–H and O–H groups in total. The second-order valence-electron chi connectivity index (χ2n) is 4.89. The molecule has 0 amide bonds. The summed E-state index contributed by atoms with van der Waals surface area (Å²) in [6, 6.07) is 9.91. The number of aryl methyl sites for hydroxylation is 2. The number of carboxylic acids is 1. The lowest BCUT2D eigenvalue weighted by atomic mass is 10.1. The second kappa shape index (κ2) is 4.52. The lowest BCUT2D eigenvalue weighted by Crippen LogP contribution is -2.01. The lowest BCUT2D eigenvalue weighted by Gasteiger charge is -2.01. The zero-order valence-corrected chi connectivity index (χ0v) is 11.3. The monoisotopic (exact) mass is 269 g/mol. The van der Waals surface area contributed by atoms with Gasteiger partial charge in [0.15, 0.2) is 0 Å². The van der Waals surface area contributed by atoms with Crippen molar-refractivity contribution in [2.24, 2.45) is 7.05 Å². The molecule has 0 bridgehead atoms. The van der Waals surface area contributed by atoms with E-state index in [0.29, 0.717) is 5.69 Å². The van der Waals surface area contributed by atoms with Crippen LogP contribution in [-0.2, 0) is 18.3 Å². The highest BCUT2D eigenvalue weighted by atomic mass is 16.4. The molecule has 5 heteroatoms. The third kappa shape index (κ3) is 1.97. The van der Waals surface area contributed by atoms with Crippen LogP contribution < -0.4 is 0 Å². The van der Waals surface area contributed by atoms with Gasteiger partial charge >= 0.3 is 5.97 Å². The summed E-state index contributed by atoms with van der Waals surface area (Å²) in [5.41, 5.74) is 4.69. The molecule has 0 fully saturated rings. The molecule has 0 saturated carbocycles. The molecule has 3 aromatic rings. The van der Waals surface area contributed by atoms with Gasteiger partial charge < -0.3 is 10.1 Å². The number of nitrogens with zero attached hydrogens (tertiary/aromatic N) is 2. The molecule has 0 aliphatic heterocycles. The molecule has 5 nitrogen and oxygen atoms in total. The average Bonchev–Trinajstić information content (AvgIpc) is 2.87. The Labute approximate surface area is 115 Å². The fraction of sp³-hybridized carbons (Fsp3) is 0.200. The summed E-state index contributed by atoms with van der Waals surface area (Å²) in [6.07, 6.45) is -0.0603. The summed E-state index contributed by atoms with van der Waals surface area (Å²) in [5, 5.41) is 14.3. The fourth-order valence-electron chi connectivity index (χ4n) is 2.61. The summed E-state index contributed by atoms with van der Waals surface area (Å²) in [4.78, 5) is 14.1. The number of aromatic amines is 1. The number of H-pyrrole nitrogens is 1. The molecular formula is C15H15N3O2. The number of nitrogens with one attached hydrogen (secondary N) is 1. The van der Waals surface area contributed by atoms with Crippen molar-refractivity contribution >= 4 is 16.9 Å². The molecule has 0 aliphatic carbocycles. The van der Waals surface area contributed by atoms with Crippen molar-refractivity contribution in [2.45, 2.75) is 13.3 Å². The first-order valence-electron chi connectivity index (χ1n) is 6.38. The normalized spacial score (nSPS) is 11.1. The quantitative estimate of drug-likeness (QED) is 0.767. The summed E-state index contributed by atoms with van der Waals surface area (Å²) in [7, 11) is 1.84. The Balaban J connectivity index is 2.18. The van der Waals surface area contributed by atoms with Crippen molar-refractivity contribution in [1.29, 1.82) is 0 Å². The van der Waals surface area contributed by atoms with E-state index in [4.69, 9.17) is 5.11 Å². The van der Waals surface area contributed by atoms with Crippen molar-refractivity contribution in [3.05, 3.63) is 41.7 Å². The van der Waals surface area contributed by atoms with Crippen molar-refractivity contribution in [1.82, 2.24) is 14.8 Å². The number of carboxylic acid groups (broad SMARTS) is 1. The Bertz CT molecular complexity index is 799. The maximum atomic E-state index is 10.8. The van der Waals surface area contributed by atoms with Crippen molar-refractivity contribution in [3.63, 3.8) is 0 Å². The van der Waals surface area contributed by atoms with Crippen LogP contribution in [0.15, 0.2) is 30.3 Å². The van der Waals surface area contributed by atoms with Crippen molar-refractivity contribution in [3.8, 4) is 11.3 Å². The van der Waals surface area contributed by atoms with Crippen LogP contribution in [0.2, 0.25) is 0 Å². The number of fused-ring (bicyclic) bond motifs is 1. The van der Waals surface area contributed by atoms with Crippen LogP contribution >= 0.6 is 0 Å². The lowest BCUT2D eigenvalue weighted by molar-refractivity contribution is -0.136. The summed E-state index contributed by atoms with van der Waals surface area (Å²) in [5.74, 6) is -0.870. The Kier molecular flexibility index (Phi) is 2.82. The van der Waals surface area contributed by atoms with E-state index in [1.165, 1.54) is 0 Å². The number of benzene rings is 1. The highest BCUT2D eigenvalue weighted by Crippen LogP contribution is 2.32. The van der Waals surface area contributed by atoms with Crippen LogP contribution in [0.1, 0.15) is 11.4 Å². The van der Waals surface area contributed by atoms with Crippen LogP contribution in [0.25, 0.3) is 22.2 Å². The molecule has 0 unspecified atom stereocenters. The minimum absolute atomic E-state index is 0.0603. The van der Waals surface area contributed by atoms with E-state index in [-0.39, 0.29) is 6.42 Å². The molecule has 0 radical (unpaired) electrons. The smallest absolute Gasteiger partial charge is 0.309 e. The molecule has 0 aliphatic rings. The molecule has 2 aromatic heterocycles. The van der Waals surface area contributed by atoms with E-state index in [0.717, 1.165) is 27.9 Å².